The van der Waals surface area contributed by atoms with Gasteiger partial charge in [-0.2, -0.15) is 0 Å². The number of para-hydroxylation sites is 1. The smallest absolute Gasteiger partial charge is 0.265 e. The standard InChI is InChI=1S/C18H20N2O4S/c1-5-9-20-17(22)13(16(21)19-18(20)25)10-12-7-6-8-14(23-4)15(12)24-11(2)3/h5-8,10-11H,1,9H2,2-4H3,(H,19,21,25). The molecule has 2 rings (SSSR count). The van der Waals surface area contributed by atoms with E-state index in [-0.39, 0.29) is 23.3 Å². The minimum Gasteiger partial charge on any atom is -0.493 e. The van der Waals surface area contributed by atoms with Crippen molar-refractivity contribution in [3.8, 4) is 11.5 Å². The van der Waals surface area contributed by atoms with Gasteiger partial charge in [0.2, 0.25) is 0 Å². The lowest BCUT2D eigenvalue weighted by Crippen LogP contribution is -2.53. The zero-order valence-corrected chi connectivity index (χ0v) is 15.2. The Balaban J connectivity index is 2.51. The summed E-state index contributed by atoms with van der Waals surface area (Å²) < 4.78 is 11.1. The predicted octanol–water partition coefficient (Wildman–Crippen LogP) is 2.30. The second-order valence-corrected chi connectivity index (χ2v) is 5.95. The Bertz CT molecular complexity index is 755. The second kappa shape index (κ2) is 7.94. The van der Waals surface area contributed by atoms with E-state index in [1.165, 1.54) is 24.2 Å². The van der Waals surface area contributed by atoms with Crippen LogP contribution < -0.4 is 14.8 Å². The number of thiocarbonyl (C=S) groups is 1. The van der Waals surface area contributed by atoms with Crippen LogP contribution in [0, 0.1) is 0 Å². The van der Waals surface area contributed by atoms with E-state index >= 15 is 0 Å². The monoisotopic (exact) mass is 360 g/mol. The van der Waals surface area contributed by atoms with Crippen LogP contribution in [0.25, 0.3) is 6.08 Å². The van der Waals surface area contributed by atoms with Gasteiger partial charge in [-0.1, -0.05) is 18.2 Å². The van der Waals surface area contributed by atoms with Crippen LogP contribution in [0.15, 0.2) is 36.4 Å². The Hall–Kier alpha value is -2.67. The van der Waals surface area contributed by atoms with Gasteiger partial charge in [0.05, 0.1) is 13.2 Å². The van der Waals surface area contributed by atoms with Crippen LogP contribution in [-0.2, 0) is 9.59 Å². The SMILES string of the molecule is C=CCN1C(=O)C(=Cc2cccc(OC)c2OC(C)C)C(=O)NC1=S. The molecule has 1 aromatic rings. The fraction of sp³-hybridized carbons (Fsp3) is 0.278. The highest BCUT2D eigenvalue weighted by atomic mass is 32.1. The van der Waals surface area contributed by atoms with Gasteiger partial charge in [0.25, 0.3) is 11.8 Å². The summed E-state index contributed by atoms with van der Waals surface area (Å²) in [7, 11) is 1.53. The van der Waals surface area contributed by atoms with Crippen molar-refractivity contribution in [2.24, 2.45) is 0 Å². The van der Waals surface area contributed by atoms with Crippen LogP contribution in [0.4, 0.5) is 0 Å². The van der Waals surface area contributed by atoms with E-state index in [9.17, 15) is 9.59 Å². The first kappa shape index (κ1) is 18.7. The maximum absolute atomic E-state index is 12.6. The first-order chi connectivity index (χ1) is 11.9. The van der Waals surface area contributed by atoms with Crippen LogP contribution in [0.3, 0.4) is 0 Å². The number of methoxy groups -OCH3 is 1. The average molecular weight is 360 g/mol. The molecule has 1 saturated heterocycles. The van der Waals surface area contributed by atoms with Crippen molar-refractivity contribution < 1.29 is 19.1 Å². The third-order valence-corrected chi connectivity index (χ3v) is 3.70. The zero-order chi connectivity index (χ0) is 18.6. The lowest BCUT2D eigenvalue weighted by molar-refractivity contribution is -0.128. The summed E-state index contributed by atoms with van der Waals surface area (Å²) in [5.74, 6) is -0.0395. The molecule has 1 N–H and O–H groups in total. The van der Waals surface area contributed by atoms with Gasteiger partial charge in [0.15, 0.2) is 16.6 Å². The number of carbonyl (C=O) groups is 2. The van der Waals surface area contributed by atoms with E-state index < -0.39 is 11.8 Å². The molecule has 0 spiro atoms. The maximum Gasteiger partial charge on any atom is 0.265 e. The van der Waals surface area contributed by atoms with Crippen molar-refractivity contribution in [2.75, 3.05) is 13.7 Å². The molecular weight excluding hydrogens is 340 g/mol. The number of ether oxygens (including phenoxy) is 2. The molecule has 6 nitrogen and oxygen atoms in total. The lowest BCUT2D eigenvalue weighted by atomic mass is 10.1. The number of hydrogen-bond acceptors (Lipinski definition) is 5. The van der Waals surface area contributed by atoms with Crippen molar-refractivity contribution in [3.05, 3.63) is 42.0 Å². The molecule has 0 unspecified atom stereocenters. The molecule has 25 heavy (non-hydrogen) atoms. The Morgan fingerprint density at radius 3 is 2.68 bits per heavy atom. The molecule has 0 saturated carbocycles. The number of rotatable bonds is 6. The normalized spacial score (nSPS) is 16.2. The molecule has 0 atom stereocenters. The van der Waals surface area contributed by atoms with Crippen LogP contribution in [0.2, 0.25) is 0 Å². The second-order valence-electron chi connectivity index (χ2n) is 5.57. The van der Waals surface area contributed by atoms with Gasteiger partial charge < -0.3 is 9.47 Å². The molecule has 1 aliphatic heterocycles. The number of nitrogens with zero attached hydrogens (tertiary/aromatic N) is 1. The Morgan fingerprint density at radius 2 is 2.08 bits per heavy atom. The van der Waals surface area contributed by atoms with Crippen molar-refractivity contribution in [1.82, 2.24) is 10.2 Å². The molecule has 132 valence electrons. The van der Waals surface area contributed by atoms with E-state index in [0.29, 0.717) is 17.1 Å². The fourth-order valence-corrected chi connectivity index (χ4v) is 2.56. The average Bonchev–Trinajstić information content (AvgIpc) is 2.56. The minimum atomic E-state index is -0.548. The highest BCUT2D eigenvalue weighted by Gasteiger charge is 2.33. The summed E-state index contributed by atoms with van der Waals surface area (Å²) in [6.07, 6.45) is 2.92. The molecule has 1 aromatic carbocycles. The van der Waals surface area contributed by atoms with E-state index in [4.69, 9.17) is 21.7 Å². The number of hydrogen-bond donors (Lipinski definition) is 1. The molecule has 1 fully saturated rings. The first-order valence-electron chi connectivity index (χ1n) is 7.72. The van der Waals surface area contributed by atoms with Crippen molar-refractivity contribution >= 4 is 35.2 Å². The summed E-state index contributed by atoms with van der Waals surface area (Å²) in [5, 5.41) is 2.58. The topological polar surface area (TPSA) is 67.9 Å². The largest absolute Gasteiger partial charge is 0.493 e. The number of nitrogens with one attached hydrogen (secondary N) is 1. The number of benzene rings is 1. The molecule has 1 heterocycles. The van der Waals surface area contributed by atoms with Crippen LogP contribution in [0.5, 0.6) is 11.5 Å². The molecule has 0 aliphatic carbocycles. The maximum atomic E-state index is 12.6. The van der Waals surface area contributed by atoms with Gasteiger partial charge in [-0.15, -0.1) is 6.58 Å². The quantitative estimate of drug-likeness (QED) is 0.365. The first-order valence-corrected chi connectivity index (χ1v) is 8.13. The van der Waals surface area contributed by atoms with Crippen LogP contribution in [0.1, 0.15) is 19.4 Å². The van der Waals surface area contributed by atoms with Gasteiger partial charge in [0.1, 0.15) is 5.57 Å². The number of amides is 2. The van der Waals surface area contributed by atoms with Gasteiger partial charge >= 0.3 is 0 Å². The van der Waals surface area contributed by atoms with E-state index in [2.05, 4.69) is 11.9 Å². The summed E-state index contributed by atoms with van der Waals surface area (Å²) in [6, 6.07) is 5.26. The zero-order valence-electron chi connectivity index (χ0n) is 14.4. The van der Waals surface area contributed by atoms with Crippen molar-refractivity contribution in [2.45, 2.75) is 20.0 Å². The van der Waals surface area contributed by atoms with Gasteiger partial charge in [-0.25, -0.2) is 0 Å². The summed E-state index contributed by atoms with van der Waals surface area (Å²) in [5.41, 5.74) is 0.537. The highest BCUT2D eigenvalue weighted by Crippen LogP contribution is 2.33. The lowest BCUT2D eigenvalue weighted by Gasteiger charge is -2.28. The van der Waals surface area contributed by atoms with Crippen LogP contribution >= 0.6 is 12.2 Å². The van der Waals surface area contributed by atoms with Gasteiger partial charge in [0, 0.05) is 12.1 Å². The van der Waals surface area contributed by atoms with E-state index in [1.54, 1.807) is 18.2 Å². The summed E-state index contributed by atoms with van der Waals surface area (Å²) in [4.78, 5) is 26.1. The third-order valence-electron chi connectivity index (χ3n) is 3.38. The Labute approximate surface area is 152 Å². The van der Waals surface area contributed by atoms with E-state index in [1.807, 2.05) is 13.8 Å². The van der Waals surface area contributed by atoms with Gasteiger partial charge in [-0.05, 0) is 38.2 Å². The number of carbonyl (C=O) groups excluding carboxylic acids is 2. The molecule has 1 aliphatic rings. The molecule has 0 aromatic heterocycles. The predicted molar refractivity (Wildman–Crippen MR) is 99.4 cm³/mol. The van der Waals surface area contributed by atoms with Crippen molar-refractivity contribution in [3.63, 3.8) is 0 Å². The Morgan fingerprint density at radius 1 is 1.36 bits per heavy atom. The molecule has 0 bridgehead atoms. The molecule has 0 radical (unpaired) electrons. The van der Waals surface area contributed by atoms with Crippen molar-refractivity contribution in [1.29, 1.82) is 0 Å². The summed E-state index contributed by atoms with van der Waals surface area (Å²) >= 11 is 5.04. The fourth-order valence-electron chi connectivity index (χ4n) is 2.31. The third kappa shape index (κ3) is 4.06. The van der Waals surface area contributed by atoms with Crippen LogP contribution in [-0.4, -0.2) is 41.6 Å². The summed E-state index contributed by atoms with van der Waals surface area (Å²) in [6.45, 7) is 7.57. The highest BCUT2D eigenvalue weighted by molar-refractivity contribution is 7.80. The molecule has 7 heteroatoms. The minimum absolute atomic E-state index is 0.0303. The van der Waals surface area contributed by atoms with Gasteiger partial charge in [-0.3, -0.25) is 19.8 Å². The molecular formula is C18H20N2O4S. The Kier molecular flexibility index (Phi) is 5.93. The van der Waals surface area contributed by atoms with E-state index in [0.717, 1.165) is 0 Å². The molecule has 2 amide bonds.